The number of rotatable bonds is 5. The van der Waals surface area contributed by atoms with Crippen molar-refractivity contribution in [1.82, 2.24) is 10.2 Å². The lowest BCUT2D eigenvalue weighted by Gasteiger charge is -2.44. The number of hydrogen-bond acceptors (Lipinski definition) is 2. The summed E-state index contributed by atoms with van der Waals surface area (Å²) < 4.78 is 0. The molecule has 20 heavy (non-hydrogen) atoms. The Bertz CT molecular complexity index is 390. The van der Waals surface area contributed by atoms with Gasteiger partial charge in [-0.05, 0) is 31.7 Å². The number of nitrogens with one attached hydrogen (secondary N) is 1. The second-order valence-corrected chi connectivity index (χ2v) is 6.47. The third-order valence-corrected chi connectivity index (χ3v) is 5.01. The molecule has 4 atom stereocenters. The Morgan fingerprint density at radius 3 is 2.60 bits per heavy atom. The van der Waals surface area contributed by atoms with E-state index in [0.717, 1.165) is 18.9 Å². The maximum absolute atomic E-state index is 3.72. The summed E-state index contributed by atoms with van der Waals surface area (Å²) in [6, 6.07) is 12.8. The van der Waals surface area contributed by atoms with E-state index in [2.05, 4.69) is 68.2 Å². The van der Waals surface area contributed by atoms with E-state index in [1.54, 1.807) is 0 Å². The highest BCUT2D eigenvalue weighted by molar-refractivity contribution is 5.16. The summed E-state index contributed by atoms with van der Waals surface area (Å²) in [6.45, 7) is 11.7. The van der Waals surface area contributed by atoms with Gasteiger partial charge in [0.1, 0.15) is 0 Å². The van der Waals surface area contributed by atoms with Crippen molar-refractivity contribution in [1.29, 1.82) is 0 Å². The molecule has 1 N–H and O–H groups in total. The van der Waals surface area contributed by atoms with Crippen LogP contribution in [0.1, 0.15) is 39.7 Å². The Labute approximate surface area is 124 Å². The maximum atomic E-state index is 3.72. The Morgan fingerprint density at radius 1 is 1.25 bits per heavy atom. The Balaban J connectivity index is 1.97. The molecule has 1 aliphatic heterocycles. The van der Waals surface area contributed by atoms with Crippen LogP contribution in [0.4, 0.5) is 0 Å². The fourth-order valence-corrected chi connectivity index (χ4v) is 3.22. The van der Waals surface area contributed by atoms with E-state index in [4.69, 9.17) is 0 Å². The third-order valence-electron chi connectivity index (χ3n) is 5.01. The second-order valence-electron chi connectivity index (χ2n) is 6.47. The van der Waals surface area contributed by atoms with E-state index in [9.17, 15) is 0 Å². The van der Waals surface area contributed by atoms with E-state index < -0.39 is 0 Å². The predicted molar refractivity (Wildman–Crippen MR) is 87.0 cm³/mol. The molecule has 2 rings (SSSR count). The van der Waals surface area contributed by atoms with Crippen LogP contribution in [-0.4, -0.2) is 36.1 Å². The Hall–Kier alpha value is -0.860. The highest BCUT2D eigenvalue weighted by Crippen LogP contribution is 2.20. The Kier molecular flexibility index (Phi) is 5.62. The molecule has 0 saturated carbocycles. The van der Waals surface area contributed by atoms with Gasteiger partial charge in [0.2, 0.25) is 0 Å². The highest BCUT2D eigenvalue weighted by atomic mass is 15.2. The van der Waals surface area contributed by atoms with E-state index in [1.807, 2.05) is 0 Å². The van der Waals surface area contributed by atoms with Crippen molar-refractivity contribution in [3.05, 3.63) is 35.9 Å². The van der Waals surface area contributed by atoms with Gasteiger partial charge in [0.25, 0.3) is 0 Å². The first kappa shape index (κ1) is 15.5. The zero-order valence-electron chi connectivity index (χ0n) is 13.5. The largest absolute Gasteiger partial charge is 0.311 e. The van der Waals surface area contributed by atoms with Crippen molar-refractivity contribution in [3.8, 4) is 0 Å². The van der Waals surface area contributed by atoms with Crippen molar-refractivity contribution < 1.29 is 0 Å². The smallest absolute Gasteiger partial charge is 0.0236 e. The van der Waals surface area contributed by atoms with Gasteiger partial charge in [-0.25, -0.2) is 0 Å². The molecule has 1 aromatic carbocycles. The summed E-state index contributed by atoms with van der Waals surface area (Å²) in [4.78, 5) is 2.71. The molecule has 2 heteroatoms. The molecule has 1 aliphatic rings. The number of hydrogen-bond donors (Lipinski definition) is 1. The molecule has 0 radical (unpaired) electrons. The molecule has 1 aromatic rings. The van der Waals surface area contributed by atoms with Gasteiger partial charge in [0.15, 0.2) is 0 Å². The normalized spacial score (nSPS) is 27.2. The quantitative estimate of drug-likeness (QED) is 0.886. The first-order chi connectivity index (χ1) is 9.61. The van der Waals surface area contributed by atoms with Gasteiger partial charge in [0, 0.05) is 31.2 Å². The summed E-state index contributed by atoms with van der Waals surface area (Å²) >= 11 is 0. The standard InChI is InChI=1S/C18H30N2/c1-5-14(2)16(4)20-13-18(19-12-15(20)3)11-17-9-7-6-8-10-17/h6-10,14-16,18-19H,5,11-13H2,1-4H3. The van der Waals surface area contributed by atoms with Gasteiger partial charge in [0.05, 0.1) is 0 Å². The maximum Gasteiger partial charge on any atom is 0.0236 e. The van der Waals surface area contributed by atoms with Crippen molar-refractivity contribution in [2.45, 2.75) is 58.7 Å². The molecule has 1 heterocycles. The molecular formula is C18H30N2. The van der Waals surface area contributed by atoms with Crippen LogP contribution in [0, 0.1) is 5.92 Å². The van der Waals surface area contributed by atoms with Crippen molar-refractivity contribution >= 4 is 0 Å². The lowest BCUT2D eigenvalue weighted by atomic mass is 9.94. The molecule has 2 nitrogen and oxygen atoms in total. The minimum Gasteiger partial charge on any atom is -0.311 e. The van der Waals surface area contributed by atoms with Crippen molar-refractivity contribution in [2.75, 3.05) is 13.1 Å². The molecule has 0 amide bonds. The van der Waals surface area contributed by atoms with Gasteiger partial charge in [-0.15, -0.1) is 0 Å². The van der Waals surface area contributed by atoms with Gasteiger partial charge in [-0.1, -0.05) is 50.6 Å². The van der Waals surface area contributed by atoms with E-state index in [0.29, 0.717) is 18.1 Å². The molecule has 112 valence electrons. The number of nitrogens with zero attached hydrogens (tertiary/aromatic N) is 1. The highest BCUT2D eigenvalue weighted by Gasteiger charge is 2.30. The second kappa shape index (κ2) is 7.24. The van der Waals surface area contributed by atoms with E-state index in [-0.39, 0.29) is 0 Å². The van der Waals surface area contributed by atoms with Crippen LogP contribution in [0.2, 0.25) is 0 Å². The average molecular weight is 274 g/mol. The molecule has 1 fully saturated rings. The van der Waals surface area contributed by atoms with Crippen LogP contribution in [0.5, 0.6) is 0 Å². The van der Waals surface area contributed by atoms with Gasteiger partial charge in [-0.3, -0.25) is 4.90 Å². The van der Waals surface area contributed by atoms with Crippen LogP contribution in [0.15, 0.2) is 30.3 Å². The molecule has 0 spiro atoms. The monoisotopic (exact) mass is 274 g/mol. The zero-order valence-corrected chi connectivity index (χ0v) is 13.5. The number of piperazine rings is 1. The van der Waals surface area contributed by atoms with Crippen LogP contribution in [0.3, 0.4) is 0 Å². The van der Waals surface area contributed by atoms with Gasteiger partial charge in [-0.2, -0.15) is 0 Å². The van der Waals surface area contributed by atoms with E-state index in [1.165, 1.54) is 18.5 Å². The van der Waals surface area contributed by atoms with Crippen LogP contribution < -0.4 is 5.32 Å². The topological polar surface area (TPSA) is 15.3 Å². The Morgan fingerprint density at radius 2 is 1.95 bits per heavy atom. The zero-order chi connectivity index (χ0) is 14.5. The summed E-state index contributed by atoms with van der Waals surface area (Å²) in [5.41, 5.74) is 1.44. The molecule has 0 aromatic heterocycles. The first-order valence-corrected chi connectivity index (χ1v) is 8.14. The molecule has 0 bridgehead atoms. The summed E-state index contributed by atoms with van der Waals surface area (Å²) in [6.07, 6.45) is 2.40. The molecule has 4 unspecified atom stereocenters. The fourth-order valence-electron chi connectivity index (χ4n) is 3.22. The van der Waals surface area contributed by atoms with Gasteiger partial charge >= 0.3 is 0 Å². The first-order valence-electron chi connectivity index (χ1n) is 8.14. The average Bonchev–Trinajstić information content (AvgIpc) is 2.48. The SMILES string of the molecule is CCC(C)C(C)N1CC(Cc2ccccc2)NCC1C. The molecular weight excluding hydrogens is 244 g/mol. The predicted octanol–water partition coefficient (Wildman–Crippen LogP) is 3.33. The third kappa shape index (κ3) is 3.83. The summed E-state index contributed by atoms with van der Waals surface area (Å²) in [5.74, 6) is 0.771. The van der Waals surface area contributed by atoms with E-state index >= 15 is 0 Å². The van der Waals surface area contributed by atoms with Crippen LogP contribution in [-0.2, 0) is 6.42 Å². The molecule has 0 aliphatic carbocycles. The number of benzene rings is 1. The summed E-state index contributed by atoms with van der Waals surface area (Å²) in [7, 11) is 0. The van der Waals surface area contributed by atoms with Crippen LogP contribution >= 0.6 is 0 Å². The van der Waals surface area contributed by atoms with Crippen molar-refractivity contribution in [3.63, 3.8) is 0 Å². The van der Waals surface area contributed by atoms with Crippen LogP contribution in [0.25, 0.3) is 0 Å². The lowest BCUT2D eigenvalue weighted by Crippen LogP contribution is -2.59. The lowest BCUT2D eigenvalue weighted by molar-refractivity contribution is 0.0709. The minimum atomic E-state index is 0.583. The fraction of sp³-hybridized carbons (Fsp3) is 0.667. The van der Waals surface area contributed by atoms with Gasteiger partial charge < -0.3 is 5.32 Å². The molecule has 1 saturated heterocycles. The van der Waals surface area contributed by atoms with Crippen molar-refractivity contribution in [2.24, 2.45) is 5.92 Å². The minimum absolute atomic E-state index is 0.583. The summed E-state index contributed by atoms with van der Waals surface area (Å²) in [5, 5.41) is 3.72.